The molecular formula is C21H32O4. The highest BCUT2D eigenvalue weighted by atomic mass is 16.5. The first kappa shape index (κ1) is 21.4. The minimum atomic E-state index is -0.939. The molecule has 0 spiro atoms. The normalized spacial score (nSPS) is 13.8. The van der Waals surface area contributed by atoms with Crippen LogP contribution in [0.25, 0.3) is 6.08 Å². The topological polar surface area (TPSA) is 66.8 Å². The lowest BCUT2D eigenvalue weighted by molar-refractivity contribution is -0.140. The van der Waals surface area contributed by atoms with Gasteiger partial charge in [0.25, 0.3) is 0 Å². The fourth-order valence-electron chi connectivity index (χ4n) is 2.73. The molecule has 4 nitrogen and oxygen atoms in total. The monoisotopic (exact) mass is 348 g/mol. The maximum atomic E-state index is 11.1. The molecular weight excluding hydrogens is 316 g/mol. The van der Waals surface area contributed by atoms with Gasteiger partial charge in [-0.15, -0.1) is 0 Å². The van der Waals surface area contributed by atoms with E-state index in [1.165, 1.54) is 31.9 Å². The molecule has 0 saturated heterocycles. The Bertz CT molecular complexity index is 524. The Labute approximate surface area is 151 Å². The van der Waals surface area contributed by atoms with E-state index in [9.17, 15) is 15.0 Å². The number of carbonyl (C=O) groups excluding carboxylic acids is 1. The second kappa shape index (κ2) is 12.7. The number of hydrogen-bond donors (Lipinski definition) is 2. The van der Waals surface area contributed by atoms with Gasteiger partial charge in [0.1, 0.15) is 0 Å². The standard InChI is InChI=1S/C21H32O4/c1-3-4-5-6-10-17-11-7-8-12-18(17)15-16-20(23)19(22)13-9-14-21(24)25-2/h7-8,11-12,15-16,19-20,22-23H,3-6,9-10,13-14H2,1-2H3/b16-15+/t19-,20+/m0/s1. The molecule has 0 aliphatic rings. The van der Waals surface area contributed by atoms with Crippen LogP contribution in [0.3, 0.4) is 0 Å². The Hall–Kier alpha value is -1.65. The lowest BCUT2D eigenvalue weighted by atomic mass is 9.99. The Balaban J connectivity index is 2.51. The summed E-state index contributed by atoms with van der Waals surface area (Å²) in [6.45, 7) is 2.20. The molecule has 0 fully saturated rings. The van der Waals surface area contributed by atoms with Crippen LogP contribution < -0.4 is 0 Å². The van der Waals surface area contributed by atoms with Crippen LogP contribution in [-0.2, 0) is 16.0 Å². The molecule has 2 atom stereocenters. The number of benzene rings is 1. The van der Waals surface area contributed by atoms with Crippen molar-refractivity contribution in [3.05, 3.63) is 41.5 Å². The lowest BCUT2D eigenvalue weighted by Gasteiger charge is -2.14. The minimum absolute atomic E-state index is 0.255. The second-order valence-corrected chi connectivity index (χ2v) is 6.39. The van der Waals surface area contributed by atoms with E-state index in [1.54, 1.807) is 6.08 Å². The zero-order valence-corrected chi connectivity index (χ0v) is 15.5. The van der Waals surface area contributed by atoms with E-state index in [0.717, 1.165) is 18.4 Å². The smallest absolute Gasteiger partial charge is 0.305 e. The number of methoxy groups -OCH3 is 1. The first-order valence-corrected chi connectivity index (χ1v) is 9.27. The van der Waals surface area contributed by atoms with E-state index in [4.69, 9.17) is 0 Å². The molecule has 1 aromatic carbocycles. The van der Waals surface area contributed by atoms with Crippen LogP contribution in [0.1, 0.15) is 63.0 Å². The fraction of sp³-hybridized carbons (Fsp3) is 0.571. The summed E-state index contributed by atoms with van der Waals surface area (Å²) in [5.74, 6) is -0.297. The number of ether oxygens (including phenoxy) is 1. The molecule has 0 unspecified atom stereocenters. The lowest BCUT2D eigenvalue weighted by Crippen LogP contribution is -2.23. The highest BCUT2D eigenvalue weighted by Crippen LogP contribution is 2.16. The number of aliphatic hydroxyl groups excluding tert-OH is 2. The van der Waals surface area contributed by atoms with Gasteiger partial charge in [-0.1, -0.05) is 62.6 Å². The van der Waals surface area contributed by atoms with Crippen LogP contribution in [0, 0.1) is 0 Å². The Kier molecular flexibility index (Phi) is 10.8. The fourth-order valence-corrected chi connectivity index (χ4v) is 2.73. The van der Waals surface area contributed by atoms with Gasteiger partial charge in [-0.05, 0) is 36.8 Å². The van der Waals surface area contributed by atoms with Crippen molar-refractivity contribution in [1.82, 2.24) is 0 Å². The van der Waals surface area contributed by atoms with E-state index in [0.29, 0.717) is 12.8 Å². The average Bonchev–Trinajstić information content (AvgIpc) is 2.63. The Morgan fingerprint density at radius 3 is 2.64 bits per heavy atom. The quantitative estimate of drug-likeness (QED) is 0.444. The molecule has 0 heterocycles. The second-order valence-electron chi connectivity index (χ2n) is 6.39. The summed E-state index contributed by atoms with van der Waals surface area (Å²) in [4.78, 5) is 11.1. The third kappa shape index (κ3) is 8.84. The summed E-state index contributed by atoms with van der Waals surface area (Å²) in [5.41, 5.74) is 2.35. The van der Waals surface area contributed by atoms with Crippen LogP contribution in [0.5, 0.6) is 0 Å². The van der Waals surface area contributed by atoms with Crippen molar-refractivity contribution in [2.45, 2.75) is 70.5 Å². The van der Waals surface area contributed by atoms with Gasteiger partial charge in [0.2, 0.25) is 0 Å². The van der Waals surface area contributed by atoms with E-state index < -0.39 is 12.2 Å². The Morgan fingerprint density at radius 1 is 1.16 bits per heavy atom. The van der Waals surface area contributed by atoms with Crippen molar-refractivity contribution >= 4 is 12.0 Å². The molecule has 140 valence electrons. The van der Waals surface area contributed by atoms with Gasteiger partial charge < -0.3 is 14.9 Å². The van der Waals surface area contributed by atoms with Gasteiger partial charge in [0.15, 0.2) is 0 Å². The first-order valence-electron chi connectivity index (χ1n) is 9.27. The van der Waals surface area contributed by atoms with Crippen molar-refractivity contribution in [2.24, 2.45) is 0 Å². The van der Waals surface area contributed by atoms with E-state index >= 15 is 0 Å². The average molecular weight is 348 g/mol. The van der Waals surface area contributed by atoms with Gasteiger partial charge >= 0.3 is 5.97 Å². The molecule has 0 amide bonds. The Morgan fingerprint density at radius 2 is 1.92 bits per heavy atom. The van der Waals surface area contributed by atoms with Crippen molar-refractivity contribution < 1.29 is 19.7 Å². The summed E-state index contributed by atoms with van der Waals surface area (Å²) in [6, 6.07) is 8.16. The molecule has 0 bridgehead atoms. The van der Waals surface area contributed by atoms with Crippen molar-refractivity contribution in [2.75, 3.05) is 7.11 Å². The van der Waals surface area contributed by atoms with Crippen LogP contribution in [-0.4, -0.2) is 35.5 Å². The van der Waals surface area contributed by atoms with Gasteiger partial charge in [0, 0.05) is 6.42 Å². The van der Waals surface area contributed by atoms with Crippen LogP contribution in [0.2, 0.25) is 0 Å². The predicted molar refractivity (Wildman–Crippen MR) is 101 cm³/mol. The number of hydrogen-bond acceptors (Lipinski definition) is 4. The third-order valence-electron chi connectivity index (χ3n) is 4.33. The molecule has 4 heteroatoms. The van der Waals surface area contributed by atoms with Crippen molar-refractivity contribution in [3.8, 4) is 0 Å². The third-order valence-corrected chi connectivity index (χ3v) is 4.33. The minimum Gasteiger partial charge on any atom is -0.469 e. The maximum absolute atomic E-state index is 11.1. The number of rotatable bonds is 12. The molecule has 0 aliphatic heterocycles. The van der Waals surface area contributed by atoms with Crippen LogP contribution >= 0.6 is 0 Å². The molecule has 0 aromatic heterocycles. The van der Waals surface area contributed by atoms with Gasteiger partial charge in [-0.2, -0.15) is 0 Å². The van der Waals surface area contributed by atoms with Crippen molar-refractivity contribution in [3.63, 3.8) is 0 Å². The molecule has 1 rings (SSSR count). The zero-order valence-electron chi connectivity index (χ0n) is 15.5. The van der Waals surface area contributed by atoms with E-state index in [2.05, 4.69) is 17.7 Å². The first-order chi connectivity index (χ1) is 12.1. The molecule has 1 aromatic rings. The van der Waals surface area contributed by atoms with Gasteiger partial charge in [-0.3, -0.25) is 4.79 Å². The highest BCUT2D eigenvalue weighted by Gasteiger charge is 2.14. The zero-order chi connectivity index (χ0) is 18.5. The van der Waals surface area contributed by atoms with Crippen molar-refractivity contribution in [1.29, 1.82) is 0 Å². The maximum Gasteiger partial charge on any atom is 0.305 e. The van der Waals surface area contributed by atoms with Gasteiger partial charge in [-0.25, -0.2) is 0 Å². The molecule has 0 radical (unpaired) electrons. The van der Waals surface area contributed by atoms with E-state index in [1.807, 2.05) is 24.3 Å². The van der Waals surface area contributed by atoms with Crippen LogP contribution in [0.15, 0.2) is 30.3 Å². The summed E-state index contributed by atoms with van der Waals surface area (Å²) >= 11 is 0. The molecule has 2 N–H and O–H groups in total. The highest BCUT2D eigenvalue weighted by molar-refractivity contribution is 5.69. The SMILES string of the molecule is CCCCCCc1ccccc1/C=C/[C@@H](O)[C@@H](O)CCCC(=O)OC. The predicted octanol–water partition coefficient (Wildman–Crippen LogP) is 3.89. The van der Waals surface area contributed by atoms with Gasteiger partial charge in [0.05, 0.1) is 19.3 Å². The number of unbranched alkanes of at least 4 members (excludes halogenated alkanes) is 3. The summed E-state index contributed by atoms with van der Waals surface area (Å²) in [7, 11) is 1.34. The summed E-state index contributed by atoms with van der Waals surface area (Å²) in [6.07, 6.45) is 8.71. The number of esters is 1. The molecule has 0 aliphatic carbocycles. The number of aliphatic hydroxyl groups is 2. The molecule has 0 saturated carbocycles. The summed E-state index contributed by atoms with van der Waals surface area (Å²) in [5, 5.41) is 20.1. The number of aryl methyl sites for hydroxylation is 1. The molecule has 25 heavy (non-hydrogen) atoms. The summed E-state index contributed by atoms with van der Waals surface area (Å²) < 4.78 is 4.56. The van der Waals surface area contributed by atoms with Crippen LogP contribution in [0.4, 0.5) is 0 Å². The van der Waals surface area contributed by atoms with E-state index in [-0.39, 0.29) is 12.4 Å². The number of carbonyl (C=O) groups is 1. The largest absolute Gasteiger partial charge is 0.469 e.